The largest absolute Gasteiger partial charge is 0.336 e. The van der Waals surface area contributed by atoms with Crippen molar-refractivity contribution < 1.29 is 4.79 Å². The van der Waals surface area contributed by atoms with Gasteiger partial charge < -0.3 is 10.6 Å². The number of likely N-dealkylation sites (tertiary alicyclic amines) is 1. The minimum absolute atomic E-state index is 0.139. The van der Waals surface area contributed by atoms with Crippen LogP contribution in [0.5, 0.6) is 0 Å². The number of nitrogens with zero attached hydrogens (tertiary/aromatic N) is 4. The number of nitrogens with one attached hydrogen (secondary N) is 1. The smallest absolute Gasteiger partial charge is 0.295 e. The van der Waals surface area contributed by atoms with Crippen LogP contribution >= 0.6 is 0 Å². The van der Waals surface area contributed by atoms with Crippen LogP contribution in [0.3, 0.4) is 0 Å². The molecule has 1 aromatic rings. The van der Waals surface area contributed by atoms with Crippen LogP contribution in [0.1, 0.15) is 29.9 Å². The van der Waals surface area contributed by atoms with Gasteiger partial charge in [-0.25, -0.2) is 0 Å². The van der Waals surface area contributed by atoms with Crippen LogP contribution in [-0.4, -0.2) is 51.1 Å². The van der Waals surface area contributed by atoms with E-state index >= 15 is 0 Å². The molecule has 0 atom stereocenters. The Morgan fingerprint density at radius 1 is 1.50 bits per heavy atom. The molecule has 0 saturated carbocycles. The maximum atomic E-state index is 11.8. The molecule has 0 unspecified atom stereocenters. The van der Waals surface area contributed by atoms with E-state index in [1.54, 1.807) is 4.90 Å². The van der Waals surface area contributed by atoms with Gasteiger partial charge in [0.15, 0.2) is 0 Å². The number of aromatic nitrogens is 4. The number of aromatic amines is 1. The van der Waals surface area contributed by atoms with E-state index in [0.29, 0.717) is 5.92 Å². The average Bonchev–Trinajstić information content (AvgIpc) is 2.83. The van der Waals surface area contributed by atoms with Gasteiger partial charge in [0.05, 0.1) is 0 Å². The Morgan fingerprint density at radius 3 is 2.81 bits per heavy atom. The molecule has 0 spiro atoms. The number of hydrogen-bond donors (Lipinski definition) is 2. The molecule has 0 aromatic carbocycles. The molecule has 1 saturated heterocycles. The molecule has 2 heterocycles. The van der Waals surface area contributed by atoms with Crippen molar-refractivity contribution in [3.05, 3.63) is 5.82 Å². The van der Waals surface area contributed by atoms with Crippen molar-refractivity contribution in [2.75, 3.05) is 19.6 Å². The molecule has 3 N–H and O–H groups in total. The van der Waals surface area contributed by atoms with Crippen molar-refractivity contribution in [3.63, 3.8) is 0 Å². The lowest BCUT2D eigenvalue weighted by Gasteiger charge is -2.30. The number of rotatable bonds is 3. The normalized spacial score (nSPS) is 17.7. The topological polar surface area (TPSA) is 101 Å². The number of nitrogens with two attached hydrogens (primary N) is 1. The Kier molecular flexibility index (Phi) is 3.45. The summed E-state index contributed by atoms with van der Waals surface area (Å²) >= 11 is 0. The highest BCUT2D eigenvalue weighted by molar-refractivity contribution is 5.90. The lowest BCUT2D eigenvalue weighted by atomic mass is 9.93. The maximum Gasteiger partial charge on any atom is 0.295 e. The summed E-state index contributed by atoms with van der Waals surface area (Å²) in [6.45, 7) is 2.25. The van der Waals surface area contributed by atoms with E-state index in [-0.39, 0.29) is 11.7 Å². The molecular weight excluding hydrogens is 208 g/mol. The highest BCUT2D eigenvalue weighted by Gasteiger charge is 2.25. The van der Waals surface area contributed by atoms with Gasteiger partial charge >= 0.3 is 0 Å². The van der Waals surface area contributed by atoms with E-state index in [1.165, 1.54) is 0 Å². The van der Waals surface area contributed by atoms with Crippen LogP contribution in [0.2, 0.25) is 0 Å². The van der Waals surface area contributed by atoms with E-state index in [9.17, 15) is 4.79 Å². The third-order valence-corrected chi connectivity index (χ3v) is 3.01. The fraction of sp³-hybridized carbons (Fsp3) is 0.778. The minimum atomic E-state index is -0.139. The first-order valence-electron chi connectivity index (χ1n) is 5.54. The van der Waals surface area contributed by atoms with Gasteiger partial charge in [-0.05, 0) is 36.9 Å². The fourth-order valence-electron chi connectivity index (χ4n) is 2.05. The van der Waals surface area contributed by atoms with Gasteiger partial charge in [0.1, 0.15) is 0 Å². The molecule has 7 nitrogen and oxygen atoms in total. The van der Waals surface area contributed by atoms with E-state index in [4.69, 9.17) is 5.73 Å². The van der Waals surface area contributed by atoms with Gasteiger partial charge in [-0.3, -0.25) is 4.79 Å². The predicted octanol–water partition coefficient (Wildman–Crippen LogP) is -0.599. The zero-order chi connectivity index (χ0) is 11.4. The number of piperidine rings is 1. The number of amides is 1. The molecule has 88 valence electrons. The van der Waals surface area contributed by atoms with Crippen molar-refractivity contribution in [1.82, 2.24) is 25.5 Å². The monoisotopic (exact) mass is 224 g/mol. The predicted molar refractivity (Wildman–Crippen MR) is 56.5 cm³/mol. The van der Waals surface area contributed by atoms with Gasteiger partial charge in [0.25, 0.3) is 11.7 Å². The molecule has 1 fully saturated rings. The maximum absolute atomic E-state index is 11.8. The second-order valence-electron chi connectivity index (χ2n) is 4.05. The van der Waals surface area contributed by atoms with E-state index < -0.39 is 0 Å². The zero-order valence-electron chi connectivity index (χ0n) is 9.09. The molecule has 1 aliphatic heterocycles. The van der Waals surface area contributed by atoms with Crippen molar-refractivity contribution in [2.24, 2.45) is 11.7 Å². The second-order valence-corrected chi connectivity index (χ2v) is 4.05. The Balaban J connectivity index is 1.87. The van der Waals surface area contributed by atoms with Gasteiger partial charge in [-0.15, -0.1) is 10.2 Å². The Labute approximate surface area is 93.4 Å². The summed E-state index contributed by atoms with van der Waals surface area (Å²) in [7, 11) is 0. The summed E-state index contributed by atoms with van der Waals surface area (Å²) < 4.78 is 0. The number of hydrogen-bond acceptors (Lipinski definition) is 5. The summed E-state index contributed by atoms with van der Waals surface area (Å²) in [6.07, 6.45) is 3.08. The van der Waals surface area contributed by atoms with Crippen LogP contribution in [0.4, 0.5) is 0 Å². The van der Waals surface area contributed by atoms with Gasteiger partial charge in [0.2, 0.25) is 0 Å². The highest BCUT2D eigenvalue weighted by atomic mass is 16.2. The standard InChI is InChI=1S/C9H16N6O/c10-4-1-7-2-5-15(6-3-7)9(16)8-11-13-14-12-8/h7H,1-6,10H2,(H,11,12,13,14). The van der Waals surface area contributed by atoms with E-state index in [0.717, 1.165) is 38.9 Å². The summed E-state index contributed by atoms with van der Waals surface area (Å²) in [5.74, 6) is 0.663. The first kappa shape index (κ1) is 11.0. The minimum Gasteiger partial charge on any atom is -0.336 e. The molecular formula is C9H16N6O. The number of carbonyl (C=O) groups is 1. The van der Waals surface area contributed by atoms with Crippen LogP contribution in [0, 0.1) is 5.92 Å². The lowest BCUT2D eigenvalue weighted by molar-refractivity contribution is 0.0675. The van der Waals surface area contributed by atoms with Crippen LogP contribution in [0.15, 0.2) is 0 Å². The highest BCUT2D eigenvalue weighted by Crippen LogP contribution is 2.20. The molecule has 0 radical (unpaired) electrons. The van der Waals surface area contributed by atoms with Gasteiger partial charge in [-0.2, -0.15) is 5.21 Å². The lowest BCUT2D eigenvalue weighted by Crippen LogP contribution is -2.39. The second kappa shape index (κ2) is 5.02. The number of tetrazole rings is 1. The first-order chi connectivity index (χ1) is 7.81. The summed E-state index contributed by atoms with van der Waals surface area (Å²) in [6, 6.07) is 0. The van der Waals surface area contributed by atoms with Crippen LogP contribution in [0.25, 0.3) is 0 Å². The summed E-state index contributed by atoms with van der Waals surface area (Å²) in [5, 5.41) is 13.0. The molecule has 0 bridgehead atoms. The third kappa shape index (κ3) is 2.35. The fourth-order valence-corrected chi connectivity index (χ4v) is 2.05. The van der Waals surface area contributed by atoms with Gasteiger partial charge in [-0.1, -0.05) is 0 Å². The summed E-state index contributed by atoms with van der Waals surface area (Å²) in [5.41, 5.74) is 5.52. The van der Waals surface area contributed by atoms with Crippen molar-refractivity contribution >= 4 is 5.91 Å². The molecule has 1 amide bonds. The van der Waals surface area contributed by atoms with Crippen molar-refractivity contribution in [1.29, 1.82) is 0 Å². The molecule has 2 rings (SSSR count). The van der Waals surface area contributed by atoms with Crippen molar-refractivity contribution in [3.8, 4) is 0 Å². The zero-order valence-corrected chi connectivity index (χ0v) is 9.09. The first-order valence-corrected chi connectivity index (χ1v) is 5.54. The van der Waals surface area contributed by atoms with Gasteiger partial charge in [0, 0.05) is 13.1 Å². The summed E-state index contributed by atoms with van der Waals surface area (Å²) in [4.78, 5) is 13.6. The molecule has 0 aliphatic carbocycles. The number of H-pyrrole nitrogens is 1. The quantitative estimate of drug-likeness (QED) is 0.714. The molecule has 7 heteroatoms. The Bertz CT molecular complexity index is 330. The molecule has 16 heavy (non-hydrogen) atoms. The Hall–Kier alpha value is -1.50. The van der Waals surface area contributed by atoms with E-state index in [1.807, 2.05) is 0 Å². The average molecular weight is 224 g/mol. The molecule has 1 aromatic heterocycles. The number of carbonyl (C=O) groups excluding carboxylic acids is 1. The molecule has 1 aliphatic rings. The Morgan fingerprint density at radius 2 is 2.25 bits per heavy atom. The third-order valence-electron chi connectivity index (χ3n) is 3.01. The van der Waals surface area contributed by atoms with Crippen LogP contribution < -0.4 is 5.73 Å². The van der Waals surface area contributed by atoms with Crippen molar-refractivity contribution in [2.45, 2.75) is 19.3 Å². The SMILES string of the molecule is NCCC1CCN(C(=O)c2nn[nH]n2)CC1. The van der Waals surface area contributed by atoms with Crippen LogP contribution in [-0.2, 0) is 0 Å². The van der Waals surface area contributed by atoms with E-state index in [2.05, 4.69) is 20.6 Å².